The fourth-order valence-corrected chi connectivity index (χ4v) is 1.98. The molecule has 12 heteroatoms. The summed E-state index contributed by atoms with van der Waals surface area (Å²) in [6.07, 6.45) is -1.63. The number of hydrogen-bond acceptors (Lipinski definition) is 8. The van der Waals surface area contributed by atoms with E-state index in [1.54, 1.807) is 0 Å². The Morgan fingerprint density at radius 1 is 1.19 bits per heavy atom. The van der Waals surface area contributed by atoms with Crippen molar-refractivity contribution in [2.45, 2.75) is 51.3 Å². The van der Waals surface area contributed by atoms with Gasteiger partial charge in [-0.15, -0.1) is 0 Å². The van der Waals surface area contributed by atoms with Gasteiger partial charge in [0.05, 0.1) is 0 Å². The van der Waals surface area contributed by atoms with Gasteiger partial charge in [-0.05, 0) is 27.2 Å². The number of nitrogens with one attached hydrogen (secondary N) is 1. The molecule has 0 spiro atoms. The van der Waals surface area contributed by atoms with Gasteiger partial charge in [0.1, 0.15) is 24.2 Å². The van der Waals surface area contributed by atoms with Crippen molar-refractivity contribution in [2.75, 3.05) is 12.3 Å². The van der Waals surface area contributed by atoms with E-state index in [2.05, 4.69) is 17.9 Å². The summed E-state index contributed by atoms with van der Waals surface area (Å²) in [7, 11) is 0. The first kappa shape index (κ1) is 24.7. The largest absolute Gasteiger partial charge is 0.480 e. The first-order valence-electron chi connectivity index (χ1n) is 7.93. The molecule has 0 saturated carbocycles. The topological polar surface area (TPSA) is 176 Å². The monoisotopic (exact) mass is 407 g/mol. The third-order valence-electron chi connectivity index (χ3n) is 2.99. The number of nitrogens with two attached hydrogens (primary N) is 1. The number of ether oxygens (including phenoxy) is 1. The van der Waals surface area contributed by atoms with Crippen LogP contribution in [0.2, 0.25) is 0 Å². The highest BCUT2D eigenvalue weighted by molar-refractivity contribution is 7.80. The number of aliphatic carboxylic acids is 2. The van der Waals surface area contributed by atoms with E-state index in [0.717, 1.165) is 0 Å². The van der Waals surface area contributed by atoms with E-state index in [1.807, 2.05) is 0 Å². The quantitative estimate of drug-likeness (QED) is 0.314. The molecule has 154 valence electrons. The molecule has 0 aliphatic rings. The van der Waals surface area contributed by atoms with Crippen molar-refractivity contribution in [2.24, 2.45) is 5.73 Å². The molecular formula is C15H25N3O8S. The Morgan fingerprint density at radius 3 is 2.15 bits per heavy atom. The Hall–Kier alpha value is -2.34. The number of imide groups is 1. The van der Waals surface area contributed by atoms with Crippen LogP contribution in [0.3, 0.4) is 0 Å². The number of thiol groups is 1. The van der Waals surface area contributed by atoms with E-state index in [4.69, 9.17) is 20.7 Å². The SMILES string of the molecule is CC(C)(C)OC(=O)N(CC(=O)O)C(=O)C(CS)NC(=O)CCC(N)C(=O)O. The predicted molar refractivity (Wildman–Crippen MR) is 96.2 cm³/mol. The molecule has 0 aromatic heterocycles. The Kier molecular flexibility index (Phi) is 9.79. The smallest absolute Gasteiger partial charge is 0.417 e. The summed E-state index contributed by atoms with van der Waals surface area (Å²) in [6, 6.07) is -2.56. The lowest BCUT2D eigenvalue weighted by Gasteiger charge is -2.27. The van der Waals surface area contributed by atoms with Gasteiger partial charge in [0.25, 0.3) is 5.91 Å². The van der Waals surface area contributed by atoms with Crippen LogP contribution in [0.4, 0.5) is 4.79 Å². The van der Waals surface area contributed by atoms with Gasteiger partial charge in [0, 0.05) is 12.2 Å². The van der Waals surface area contributed by atoms with Crippen molar-refractivity contribution < 1.29 is 38.9 Å². The van der Waals surface area contributed by atoms with Crippen LogP contribution in [0.15, 0.2) is 0 Å². The van der Waals surface area contributed by atoms with Crippen molar-refractivity contribution in [3.05, 3.63) is 0 Å². The van der Waals surface area contributed by atoms with Crippen LogP contribution in [0.1, 0.15) is 33.6 Å². The van der Waals surface area contributed by atoms with E-state index < -0.39 is 54.1 Å². The van der Waals surface area contributed by atoms with Crippen LogP contribution in [-0.2, 0) is 23.9 Å². The molecule has 0 bridgehead atoms. The maximum absolute atomic E-state index is 12.5. The highest BCUT2D eigenvalue weighted by Crippen LogP contribution is 2.11. The zero-order valence-corrected chi connectivity index (χ0v) is 16.2. The second-order valence-corrected chi connectivity index (χ2v) is 6.95. The third-order valence-corrected chi connectivity index (χ3v) is 3.35. The minimum atomic E-state index is -1.45. The second-order valence-electron chi connectivity index (χ2n) is 6.58. The van der Waals surface area contributed by atoms with Crippen LogP contribution < -0.4 is 11.1 Å². The zero-order chi connectivity index (χ0) is 21.4. The average Bonchev–Trinajstić information content (AvgIpc) is 2.52. The highest BCUT2D eigenvalue weighted by atomic mass is 32.1. The minimum absolute atomic E-state index is 0.167. The van der Waals surface area contributed by atoms with E-state index in [-0.39, 0.29) is 18.6 Å². The van der Waals surface area contributed by atoms with Gasteiger partial charge >= 0.3 is 18.0 Å². The molecule has 0 aliphatic heterocycles. The first-order chi connectivity index (χ1) is 12.3. The van der Waals surface area contributed by atoms with Crippen LogP contribution >= 0.6 is 12.6 Å². The Balaban J connectivity index is 5.13. The number of rotatable bonds is 9. The van der Waals surface area contributed by atoms with Crippen molar-refractivity contribution in [3.8, 4) is 0 Å². The molecule has 0 heterocycles. The molecular weight excluding hydrogens is 382 g/mol. The Morgan fingerprint density at radius 2 is 1.74 bits per heavy atom. The van der Waals surface area contributed by atoms with Crippen molar-refractivity contribution in [3.63, 3.8) is 0 Å². The summed E-state index contributed by atoms with van der Waals surface area (Å²) in [4.78, 5) is 58.5. The van der Waals surface area contributed by atoms with Gasteiger partial charge < -0.3 is 26.0 Å². The molecule has 0 radical (unpaired) electrons. The standard InChI is InChI=1S/C15H25N3O8S/c1-15(2,3)26-14(25)18(6-11(20)21)12(22)9(7-27)17-10(19)5-4-8(16)13(23)24/h8-9,27H,4-7,16H2,1-3H3,(H,17,19)(H,20,21)(H,23,24). The fourth-order valence-electron chi connectivity index (χ4n) is 1.73. The zero-order valence-electron chi connectivity index (χ0n) is 15.3. The van der Waals surface area contributed by atoms with E-state index >= 15 is 0 Å². The van der Waals surface area contributed by atoms with E-state index in [0.29, 0.717) is 4.90 Å². The number of nitrogens with zero attached hydrogens (tertiary/aromatic N) is 1. The second kappa shape index (κ2) is 10.7. The van der Waals surface area contributed by atoms with Crippen molar-refractivity contribution in [1.82, 2.24) is 10.2 Å². The lowest BCUT2D eigenvalue weighted by atomic mass is 10.1. The predicted octanol–water partition coefficient (Wildman–Crippen LogP) is -0.559. The van der Waals surface area contributed by atoms with Crippen molar-refractivity contribution in [1.29, 1.82) is 0 Å². The average molecular weight is 407 g/mol. The first-order valence-corrected chi connectivity index (χ1v) is 8.56. The van der Waals surface area contributed by atoms with Crippen LogP contribution in [-0.4, -0.2) is 74.9 Å². The summed E-state index contributed by atoms with van der Waals surface area (Å²) in [6.45, 7) is 3.66. The van der Waals surface area contributed by atoms with Gasteiger partial charge in [-0.1, -0.05) is 0 Å². The van der Waals surface area contributed by atoms with E-state index in [9.17, 15) is 24.0 Å². The van der Waals surface area contributed by atoms with Gasteiger partial charge in [0.15, 0.2) is 0 Å². The number of carboxylic acid groups (broad SMARTS) is 2. The molecule has 3 amide bonds. The van der Waals surface area contributed by atoms with Gasteiger partial charge in [-0.2, -0.15) is 12.6 Å². The number of carboxylic acids is 2. The minimum Gasteiger partial charge on any atom is -0.480 e. The van der Waals surface area contributed by atoms with E-state index in [1.165, 1.54) is 20.8 Å². The summed E-state index contributed by atoms with van der Waals surface area (Å²) in [5.41, 5.74) is 4.32. The number of amides is 3. The molecule has 0 aliphatic carbocycles. The molecule has 0 fully saturated rings. The fraction of sp³-hybridized carbons (Fsp3) is 0.667. The molecule has 2 atom stereocenters. The third kappa shape index (κ3) is 9.80. The highest BCUT2D eigenvalue weighted by Gasteiger charge is 2.34. The molecule has 5 N–H and O–H groups in total. The lowest BCUT2D eigenvalue weighted by Crippen LogP contribution is -2.53. The number of carbonyl (C=O) groups is 5. The number of hydrogen-bond donors (Lipinski definition) is 5. The van der Waals surface area contributed by atoms with Crippen molar-refractivity contribution >= 4 is 42.5 Å². The molecule has 0 aromatic rings. The molecule has 11 nitrogen and oxygen atoms in total. The Labute approximate surface area is 161 Å². The molecule has 2 unspecified atom stereocenters. The molecule has 0 saturated heterocycles. The molecule has 0 rings (SSSR count). The molecule has 27 heavy (non-hydrogen) atoms. The maximum Gasteiger partial charge on any atom is 0.417 e. The van der Waals surface area contributed by atoms with Crippen LogP contribution in [0, 0.1) is 0 Å². The van der Waals surface area contributed by atoms with Crippen LogP contribution in [0.5, 0.6) is 0 Å². The summed E-state index contributed by atoms with van der Waals surface area (Å²) < 4.78 is 5.01. The molecule has 0 aromatic carbocycles. The van der Waals surface area contributed by atoms with Gasteiger partial charge in [-0.3, -0.25) is 19.2 Å². The lowest BCUT2D eigenvalue weighted by molar-refractivity contribution is -0.145. The normalized spacial score (nSPS) is 13.2. The van der Waals surface area contributed by atoms with Gasteiger partial charge in [0.2, 0.25) is 5.91 Å². The number of carbonyl (C=O) groups excluding carboxylic acids is 3. The Bertz CT molecular complexity index is 590. The summed E-state index contributed by atoms with van der Waals surface area (Å²) in [5, 5.41) is 19.9. The maximum atomic E-state index is 12.5. The summed E-state index contributed by atoms with van der Waals surface area (Å²) in [5.74, 6) is -4.67. The van der Waals surface area contributed by atoms with Crippen LogP contribution in [0.25, 0.3) is 0 Å². The van der Waals surface area contributed by atoms with Gasteiger partial charge in [-0.25, -0.2) is 9.69 Å². The summed E-state index contributed by atoms with van der Waals surface area (Å²) >= 11 is 3.93.